The second kappa shape index (κ2) is 9.13. The molecule has 1 saturated heterocycles. The van der Waals surface area contributed by atoms with Gasteiger partial charge in [0.2, 0.25) is 5.16 Å². The average Bonchev–Trinajstić information content (AvgIpc) is 3.33. The Morgan fingerprint density at radius 2 is 1.80 bits per heavy atom. The molecule has 1 amide bonds. The van der Waals surface area contributed by atoms with Gasteiger partial charge in [0.05, 0.1) is 6.61 Å². The van der Waals surface area contributed by atoms with Crippen LogP contribution < -0.4 is 9.64 Å². The number of aromatic nitrogens is 2. The SMILES string of the molecule is CC1(C)OCC(COc2nc(SC(=O)N(c3ccccc3)c3ccccc3)ns2)O1. The lowest BCUT2D eigenvalue weighted by molar-refractivity contribution is -0.141. The van der Waals surface area contributed by atoms with Crippen LogP contribution in [0.3, 0.4) is 0 Å². The fourth-order valence-corrected chi connectivity index (χ4v) is 4.29. The van der Waals surface area contributed by atoms with Crippen LogP contribution in [0.4, 0.5) is 16.2 Å². The largest absolute Gasteiger partial charge is 0.466 e. The molecule has 156 valence electrons. The second-order valence-electron chi connectivity index (χ2n) is 6.98. The number of amides is 1. The normalized spacial score (nSPS) is 17.6. The van der Waals surface area contributed by atoms with E-state index in [2.05, 4.69) is 9.36 Å². The van der Waals surface area contributed by atoms with Crippen LogP contribution in [0.15, 0.2) is 65.8 Å². The van der Waals surface area contributed by atoms with Crippen molar-refractivity contribution in [1.29, 1.82) is 0 Å². The number of rotatable bonds is 6. The van der Waals surface area contributed by atoms with E-state index in [1.165, 1.54) is 0 Å². The van der Waals surface area contributed by atoms with Gasteiger partial charge in [-0.1, -0.05) is 36.4 Å². The Hall–Kier alpha value is -2.46. The Labute approximate surface area is 183 Å². The molecule has 2 aromatic carbocycles. The first-order chi connectivity index (χ1) is 14.5. The van der Waals surface area contributed by atoms with Gasteiger partial charge >= 0.3 is 0 Å². The van der Waals surface area contributed by atoms with E-state index in [0.29, 0.717) is 23.6 Å². The zero-order valence-electron chi connectivity index (χ0n) is 16.6. The van der Waals surface area contributed by atoms with Crippen LogP contribution in [0.2, 0.25) is 0 Å². The van der Waals surface area contributed by atoms with Gasteiger partial charge < -0.3 is 14.2 Å². The summed E-state index contributed by atoms with van der Waals surface area (Å²) < 4.78 is 21.2. The van der Waals surface area contributed by atoms with Gasteiger partial charge in [0.25, 0.3) is 10.4 Å². The minimum Gasteiger partial charge on any atom is -0.466 e. The summed E-state index contributed by atoms with van der Waals surface area (Å²) in [5.41, 5.74) is 1.54. The highest BCUT2D eigenvalue weighted by molar-refractivity contribution is 8.13. The van der Waals surface area contributed by atoms with E-state index in [-0.39, 0.29) is 11.3 Å². The molecule has 0 saturated carbocycles. The third kappa shape index (κ3) is 5.17. The maximum atomic E-state index is 13.1. The van der Waals surface area contributed by atoms with Gasteiger partial charge in [-0.2, -0.15) is 9.36 Å². The average molecular weight is 444 g/mol. The van der Waals surface area contributed by atoms with Crippen molar-refractivity contribution < 1.29 is 19.0 Å². The van der Waals surface area contributed by atoms with Crippen molar-refractivity contribution >= 4 is 39.9 Å². The minimum atomic E-state index is -0.596. The summed E-state index contributed by atoms with van der Waals surface area (Å²) in [5, 5.41) is 0.538. The third-order valence-electron chi connectivity index (χ3n) is 4.24. The van der Waals surface area contributed by atoms with Crippen LogP contribution in [0.25, 0.3) is 0 Å². The number of anilines is 2. The highest BCUT2D eigenvalue weighted by atomic mass is 32.2. The van der Waals surface area contributed by atoms with Crippen molar-refractivity contribution in [3.05, 3.63) is 60.7 Å². The number of para-hydroxylation sites is 2. The van der Waals surface area contributed by atoms with Gasteiger partial charge in [0.15, 0.2) is 5.79 Å². The Balaban J connectivity index is 1.42. The molecule has 1 aliphatic heterocycles. The van der Waals surface area contributed by atoms with E-state index < -0.39 is 5.79 Å². The van der Waals surface area contributed by atoms with Crippen molar-refractivity contribution in [2.75, 3.05) is 18.1 Å². The van der Waals surface area contributed by atoms with E-state index in [9.17, 15) is 4.79 Å². The summed E-state index contributed by atoms with van der Waals surface area (Å²) in [4.78, 5) is 19.1. The van der Waals surface area contributed by atoms with Crippen molar-refractivity contribution in [3.8, 4) is 5.19 Å². The van der Waals surface area contributed by atoms with Crippen molar-refractivity contribution in [3.63, 3.8) is 0 Å². The molecule has 7 nitrogen and oxygen atoms in total. The Kier molecular flexibility index (Phi) is 6.33. The van der Waals surface area contributed by atoms with Crippen molar-refractivity contribution in [2.24, 2.45) is 0 Å². The van der Waals surface area contributed by atoms with Gasteiger partial charge in [-0.25, -0.2) is 0 Å². The maximum absolute atomic E-state index is 13.1. The molecule has 0 aliphatic carbocycles. The fourth-order valence-electron chi connectivity index (χ4n) is 2.94. The number of hydrogen-bond acceptors (Lipinski definition) is 8. The van der Waals surface area contributed by atoms with Crippen molar-refractivity contribution in [2.45, 2.75) is 30.9 Å². The summed E-state index contributed by atoms with van der Waals surface area (Å²) in [6.07, 6.45) is -0.159. The van der Waals surface area contributed by atoms with E-state index in [1.807, 2.05) is 74.5 Å². The Bertz CT molecular complexity index is 943. The lowest BCUT2D eigenvalue weighted by atomic mass is 10.2. The fraction of sp³-hybridized carbons (Fsp3) is 0.286. The molecule has 4 rings (SSSR count). The molecule has 1 unspecified atom stereocenters. The van der Waals surface area contributed by atoms with E-state index in [4.69, 9.17) is 14.2 Å². The molecule has 2 heterocycles. The summed E-state index contributed by atoms with van der Waals surface area (Å²) >= 11 is 2.07. The van der Waals surface area contributed by atoms with Crippen LogP contribution in [-0.2, 0) is 9.47 Å². The van der Waals surface area contributed by atoms with Gasteiger partial charge in [-0.15, -0.1) is 0 Å². The van der Waals surface area contributed by atoms with Gasteiger partial charge in [-0.05, 0) is 38.1 Å². The predicted molar refractivity (Wildman–Crippen MR) is 117 cm³/mol. The van der Waals surface area contributed by atoms with Gasteiger partial charge in [0.1, 0.15) is 12.7 Å². The summed E-state index contributed by atoms with van der Waals surface area (Å²) in [6.45, 7) is 4.51. The summed E-state index contributed by atoms with van der Waals surface area (Å²) in [7, 11) is 0. The van der Waals surface area contributed by atoms with E-state index in [0.717, 1.165) is 34.7 Å². The topological polar surface area (TPSA) is 73.8 Å². The van der Waals surface area contributed by atoms with Crippen LogP contribution in [0.5, 0.6) is 5.19 Å². The number of ether oxygens (including phenoxy) is 3. The van der Waals surface area contributed by atoms with E-state index in [1.54, 1.807) is 4.90 Å². The number of carbonyl (C=O) groups is 1. The molecular weight excluding hydrogens is 422 g/mol. The standard InChI is InChI=1S/C21H21N3O4S2/c1-21(2)27-14-17(28-21)13-26-19-22-18(23-30-19)29-20(25)24(15-9-5-3-6-10-15)16-11-7-4-8-12-16/h3-12,17H,13-14H2,1-2H3. The number of thioether (sulfide) groups is 1. The van der Waals surface area contributed by atoms with Crippen LogP contribution in [-0.4, -0.2) is 39.7 Å². The zero-order chi connectivity index (χ0) is 21.0. The molecule has 1 fully saturated rings. The molecule has 30 heavy (non-hydrogen) atoms. The van der Waals surface area contributed by atoms with Gasteiger partial charge in [0, 0.05) is 34.7 Å². The smallest absolute Gasteiger partial charge is 0.298 e. The molecule has 0 N–H and O–H groups in total. The molecule has 0 radical (unpaired) electrons. The molecule has 9 heteroatoms. The quantitative estimate of drug-likeness (QED) is 0.490. The molecule has 1 aliphatic rings. The molecule has 1 aromatic heterocycles. The molecule has 0 spiro atoms. The molecule has 1 atom stereocenters. The number of benzene rings is 2. The zero-order valence-corrected chi connectivity index (χ0v) is 18.2. The van der Waals surface area contributed by atoms with Gasteiger partial charge in [-0.3, -0.25) is 9.69 Å². The second-order valence-corrected chi connectivity index (χ2v) is 8.61. The summed E-state index contributed by atoms with van der Waals surface area (Å²) in [6, 6.07) is 19.0. The van der Waals surface area contributed by atoms with Crippen molar-refractivity contribution in [1.82, 2.24) is 9.36 Å². The molecule has 0 bridgehead atoms. The van der Waals surface area contributed by atoms with Crippen LogP contribution in [0, 0.1) is 0 Å². The van der Waals surface area contributed by atoms with E-state index >= 15 is 0 Å². The monoisotopic (exact) mass is 443 g/mol. The maximum Gasteiger partial charge on any atom is 0.298 e. The molecular formula is C21H21N3O4S2. The van der Waals surface area contributed by atoms with Crippen LogP contribution >= 0.6 is 23.3 Å². The minimum absolute atomic E-state index is 0.159. The highest BCUT2D eigenvalue weighted by Gasteiger charge is 2.33. The number of hydrogen-bond donors (Lipinski definition) is 0. The third-order valence-corrected chi connectivity index (χ3v) is 5.71. The first-order valence-corrected chi connectivity index (χ1v) is 11.0. The summed E-state index contributed by atoms with van der Waals surface area (Å²) in [5.74, 6) is -0.596. The highest BCUT2D eigenvalue weighted by Crippen LogP contribution is 2.32. The predicted octanol–water partition coefficient (Wildman–Crippen LogP) is 5.12. The first-order valence-electron chi connectivity index (χ1n) is 9.40. The number of carbonyl (C=O) groups excluding carboxylic acids is 1. The first kappa shape index (κ1) is 20.8. The molecule has 3 aromatic rings. The lowest BCUT2D eigenvalue weighted by Gasteiger charge is -2.21. The van der Waals surface area contributed by atoms with Crippen LogP contribution in [0.1, 0.15) is 13.8 Å². The number of nitrogens with zero attached hydrogens (tertiary/aromatic N) is 3. The Morgan fingerprint density at radius 1 is 1.17 bits per heavy atom. The Morgan fingerprint density at radius 3 is 2.37 bits per heavy atom. The lowest BCUT2D eigenvalue weighted by Crippen LogP contribution is -2.25.